The van der Waals surface area contributed by atoms with Gasteiger partial charge in [0.05, 0.1) is 5.56 Å². The van der Waals surface area contributed by atoms with Crippen molar-refractivity contribution in [3.05, 3.63) is 54.1 Å². The van der Waals surface area contributed by atoms with Gasteiger partial charge in [0.15, 0.2) is 0 Å². The normalized spacial score (nSPS) is 12.3. The molecule has 0 fully saturated rings. The molecule has 0 spiro atoms. The molecule has 0 heterocycles. The first kappa shape index (κ1) is 15.2. The van der Waals surface area contributed by atoms with Gasteiger partial charge in [0.2, 0.25) is 0 Å². The molecule has 0 saturated heterocycles. The highest BCUT2D eigenvalue weighted by atomic mass is 19.4. The van der Waals surface area contributed by atoms with Gasteiger partial charge in [0, 0.05) is 0 Å². The maximum absolute atomic E-state index is 12.9. The van der Waals surface area contributed by atoms with Crippen molar-refractivity contribution in [2.24, 2.45) is 0 Å². The summed E-state index contributed by atoms with van der Waals surface area (Å²) in [5.41, 5.74) is -1.14. The Balaban J connectivity index is 2.46. The predicted octanol–water partition coefficient (Wildman–Crippen LogP) is 5.27. The van der Waals surface area contributed by atoms with Gasteiger partial charge in [0.25, 0.3) is 0 Å². The van der Waals surface area contributed by atoms with Crippen LogP contribution >= 0.6 is 0 Å². The Hall–Kier alpha value is -2.18. The smallest absolute Gasteiger partial charge is 0.406 e. The molecule has 0 N–H and O–H groups in total. The fourth-order valence-electron chi connectivity index (χ4n) is 1.84. The van der Waals surface area contributed by atoms with Gasteiger partial charge in [-0.2, -0.15) is 13.2 Å². The maximum atomic E-state index is 12.9. The lowest BCUT2D eigenvalue weighted by atomic mass is 9.99. The van der Waals surface area contributed by atoms with Crippen LogP contribution in [0.1, 0.15) is 5.56 Å². The van der Waals surface area contributed by atoms with E-state index in [-0.39, 0.29) is 11.1 Å². The molecule has 112 valence electrons. The summed E-state index contributed by atoms with van der Waals surface area (Å²) in [6.45, 7) is 0. The first-order chi connectivity index (χ1) is 9.67. The lowest BCUT2D eigenvalue weighted by molar-refractivity contribution is -0.274. The molecule has 0 bridgehead atoms. The lowest BCUT2D eigenvalue weighted by Crippen LogP contribution is -2.17. The van der Waals surface area contributed by atoms with Crippen LogP contribution in [0.2, 0.25) is 0 Å². The van der Waals surface area contributed by atoms with Gasteiger partial charge in [0.1, 0.15) is 5.75 Å². The summed E-state index contributed by atoms with van der Waals surface area (Å²) in [5, 5.41) is 0. The summed E-state index contributed by atoms with van der Waals surface area (Å²) < 4.78 is 78.8. The Morgan fingerprint density at radius 1 is 0.762 bits per heavy atom. The van der Waals surface area contributed by atoms with Crippen LogP contribution in [-0.4, -0.2) is 6.36 Å². The SMILES string of the molecule is FC(F)(F)Oc1cccc(-c2ccccc2C(F)(F)F)c1. The van der Waals surface area contributed by atoms with E-state index in [9.17, 15) is 26.3 Å². The molecule has 7 heteroatoms. The van der Waals surface area contributed by atoms with E-state index in [0.717, 1.165) is 18.2 Å². The van der Waals surface area contributed by atoms with Crippen molar-refractivity contribution in [3.8, 4) is 16.9 Å². The fraction of sp³-hybridized carbons (Fsp3) is 0.143. The molecule has 21 heavy (non-hydrogen) atoms. The van der Waals surface area contributed by atoms with Gasteiger partial charge < -0.3 is 4.74 Å². The maximum Gasteiger partial charge on any atom is 0.573 e. The van der Waals surface area contributed by atoms with E-state index in [1.807, 2.05) is 0 Å². The minimum Gasteiger partial charge on any atom is -0.406 e. The van der Waals surface area contributed by atoms with Crippen LogP contribution in [-0.2, 0) is 6.18 Å². The van der Waals surface area contributed by atoms with E-state index in [0.29, 0.717) is 0 Å². The third kappa shape index (κ3) is 3.90. The summed E-state index contributed by atoms with van der Waals surface area (Å²) >= 11 is 0. The van der Waals surface area contributed by atoms with E-state index in [2.05, 4.69) is 4.74 Å². The largest absolute Gasteiger partial charge is 0.573 e. The van der Waals surface area contributed by atoms with Gasteiger partial charge in [-0.3, -0.25) is 0 Å². The number of rotatable bonds is 2. The minimum absolute atomic E-state index is 0.00956. The zero-order chi connectivity index (χ0) is 15.7. The number of benzene rings is 2. The van der Waals surface area contributed by atoms with Crippen LogP contribution in [0.5, 0.6) is 5.75 Å². The summed E-state index contributed by atoms with van der Waals surface area (Å²) in [6, 6.07) is 9.06. The highest BCUT2D eigenvalue weighted by Crippen LogP contribution is 2.38. The molecule has 0 amide bonds. The molecule has 0 aliphatic heterocycles. The first-order valence-electron chi connectivity index (χ1n) is 5.69. The van der Waals surface area contributed by atoms with Gasteiger partial charge in [-0.25, -0.2) is 0 Å². The van der Waals surface area contributed by atoms with Crippen molar-refractivity contribution >= 4 is 0 Å². The summed E-state index contributed by atoms with van der Waals surface area (Å²) in [4.78, 5) is 0. The van der Waals surface area contributed by atoms with Crippen molar-refractivity contribution in [1.82, 2.24) is 0 Å². The van der Waals surface area contributed by atoms with Gasteiger partial charge in [-0.05, 0) is 29.3 Å². The highest BCUT2D eigenvalue weighted by Gasteiger charge is 2.34. The standard InChI is InChI=1S/C14H8F6O/c15-13(16,17)12-7-2-1-6-11(12)9-4-3-5-10(8-9)21-14(18,19)20/h1-8H. The van der Waals surface area contributed by atoms with E-state index < -0.39 is 23.9 Å². The lowest BCUT2D eigenvalue weighted by Gasteiger charge is -2.14. The highest BCUT2D eigenvalue weighted by molar-refractivity contribution is 5.69. The van der Waals surface area contributed by atoms with E-state index in [4.69, 9.17) is 0 Å². The molecule has 0 aromatic heterocycles. The molecule has 0 saturated carbocycles. The number of halogens is 6. The predicted molar refractivity (Wildman–Crippen MR) is 63.6 cm³/mol. The topological polar surface area (TPSA) is 9.23 Å². The number of ether oxygens (including phenoxy) is 1. The van der Waals surface area contributed by atoms with Crippen LogP contribution in [0.25, 0.3) is 11.1 Å². The average Bonchev–Trinajstić information content (AvgIpc) is 2.36. The fourth-order valence-corrected chi connectivity index (χ4v) is 1.84. The molecule has 2 aromatic rings. The monoisotopic (exact) mass is 306 g/mol. The molecule has 1 nitrogen and oxygen atoms in total. The summed E-state index contributed by atoms with van der Waals surface area (Å²) in [6.07, 6.45) is -9.50. The molecule has 2 rings (SSSR count). The molecule has 0 atom stereocenters. The van der Waals surface area contributed by atoms with Crippen LogP contribution in [0.15, 0.2) is 48.5 Å². The number of alkyl halides is 6. The van der Waals surface area contributed by atoms with Crippen molar-refractivity contribution in [2.75, 3.05) is 0 Å². The van der Waals surface area contributed by atoms with E-state index in [1.165, 1.54) is 30.3 Å². The van der Waals surface area contributed by atoms with Crippen LogP contribution in [0.4, 0.5) is 26.3 Å². The Kier molecular flexibility index (Phi) is 3.85. The van der Waals surface area contributed by atoms with Crippen molar-refractivity contribution in [2.45, 2.75) is 12.5 Å². The van der Waals surface area contributed by atoms with Crippen molar-refractivity contribution in [1.29, 1.82) is 0 Å². The van der Waals surface area contributed by atoms with Gasteiger partial charge in [-0.15, -0.1) is 13.2 Å². The second kappa shape index (κ2) is 5.31. The molecule has 2 aromatic carbocycles. The van der Waals surface area contributed by atoms with E-state index >= 15 is 0 Å². The van der Waals surface area contributed by atoms with Crippen LogP contribution in [0, 0.1) is 0 Å². The first-order valence-corrected chi connectivity index (χ1v) is 5.69. The van der Waals surface area contributed by atoms with Crippen LogP contribution in [0.3, 0.4) is 0 Å². The quantitative estimate of drug-likeness (QED) is 0.687. The van der Waals surface area contributed by atoms with Gasteiger partial charge >= 0.3 is 12.5 Å². The zero-order valence-electron chi connectivity index (χ0n) is 10.3. The second-order valence-electron chi connectivity index (χ2n) is 4.12. The van der Waals surface area contributed by atoms with E-state index in [1.54, 1.807) is 0 Å². The molecular weight excluding hydrogens is 298 g/mol. The Morgan fingerprint density at radius 2 is 1.43 bits per heavy atom. The molecule has 0 unspecified atom stereocenters. The zero-order valence-corrected chi connectivity index (χ0v) is 10.3. The molecule has 0 aliphatic carbocycles. The Bertz CT molecular complexity index is 630. The third-order valence-electron chi connectivity index (χ3n) is 2.61. The molecular formula is C14H8F6O. The summed E-state index contributed by atoms with van der Waals surface area (Å²) in [7, 11) is 0. The summed E-state index contributed by atoms with van der Waals surface area (Å²) in [5.74, 6) is -0.572. The molecule has 0 radical (unpaired) electrons. The molecule has 0 aliphatic rings. The number of hydrogen-bond acceptors (Lipinski definition) is 1. The van der Waals surface area contributed by atoms with Crippen molar-refractivity contribution < 1.29 is 31.1 Å². The van der Waals surface area contributed by atoms with Gasteiger partial charge in [-0.1, -0.05) is 30.3 Å². The number of hydrogen-bond donors (Lipinski definition) is 0. The Morgan fingerprint density at radius 3 is 2.05 bits per heavy atom. The average molecular weight is 306 g/mol. The Labute approximate surface area is 115 Å². The van der Waals surface area contributed by atoms with Crippen molar-refractivity contribution in [3.63, 3.8) is 0 Å². The third-order valence-corrected chi connectivity index (χ3v) is 2.61. The minimum atomic E-state index is -4.90. The second-order valence-corrected chi connectivity index (χ2v) is 4.12. The van der Waals surface area contributed by atoms with Crippen LogP contribution < -0.4 is 4.74 Å².